The maximum Gasteiger partial charge on any atom is 0.393 e. The van der Waals surface area contributed by atoms with Crippen LogP contribution in [0, 0.1) is 11.8 Å². The number of rotatable bonds is 20. The minimum atomic E-state index is -3.00. The van der Waals surface area contributed by atoms with Gasteiger partial charge in [-0.3, -0.25) is 0 Å². The smallest absolute Gasteiger partial charge is 0.393 e. The molecule has 0 aromatic carbocycles. The van der Waals surface area contributed by atoms with E-state index in [-0.39, 0.29) is 0 Å². The van der Waals surface area contributed by atoms with E-state index in [2.05, 4.69) is 93.2 Å². The monoisotopic (exact) mass is 760 g/mol. The largest absolute Gasteiger partial charge is 0.491 e. The van der Waals surface area contributed by atoms with E-state index in [0.717, 1.165) is 0 Å². The summed E-state index contributed by atoms with van der Waals surface area (Å²) in [7, 11) is -20.6. The highest BCUT2D eigenvalue weighted by atomic mass is 28.5. The van der Waals surface area contributed by atoms with Crippen LogP contribution in [0.2, 0.25) is 110 Å². The van der Waals surface area contributed by atoms with E-state index in [4.69, 9.17) is 33.2 Å². The van der Waals surface area contributed by atoms with E-state index in [9.17, 15) is 4.79 Å². The molecule has 262 valence electrons. The van der Waals surface area contributed by atoms with Crippen LogP contribution in [0.5, 0.6) is 0 Å². The first-order valence-electron chi connectivity index (χ1n) is 15.9. The molecular weight excluding hydrogens is 693 g/mol. The molecule has 0 heterocycles. The Morgan fingerprint density at radius 3 is 0.977 bits per heavy atom. The molecule has 0 aliphatic carbocycles. The lowest BCUT2D eigenvalue weighted by atomic mass is 10.3. The first-order chi connectivity index (χ1) is 19.1. The second-order valence-corrected chi connectivity index (χ2v) is 46.1. The molecule has 0 rings (SSSR count). The van der Waals surface area contributed by atoms with Crippen LogP contribution in [-0.4, -0.2) is 74.2 Å². The van der Waals surface area contributed by atoms with Crippen molar-refractivity contribution in [1.29, 1.82) is 0 Å². The Morgan fingerprint density at radius 1 is 0.500 bits per heavy atom. The van der Waals surface area contributed by atoms with Crippen molar-refractivity contribution in [3.05, 3.63) is 12.2 Å². The van der Waals surface area contributed by atoms with Gasteiger partial charge in [-0.25, -0.2) is 4.79 Å². The van der Waals surface area contributed by atoms with E-state index in [1.165, 1.54) is 0 Å². The predicted molar refractivity (Wildman–Crippen MR) is 202 cm³/mol. The average Bonchev–Trinajstić information content (AvgIpc) is 2.57. The minimum absolute atomic E-state index is 0.295. The van der Waals surface area contributed by atoms with Gasteiger partial charge in [0.05, 0.1) is 0 Å². The van der Waals surface area contributed by atoms with Crippen LogP contribution in [0.1, 0.15) is 34.6 Å². The molecule has 0 radical (unpaired) electrons. The molecule has 0 aromatic rings. The van der Waals surface area contributed by atoms with Crippen LogP contribution < -0.4 is 0 Å². The van der Waals surface area contributed by atoms with Crippen LogP contribution in [0.4, 0.5) is 0 Å². The zero-order chi connectivity index (χ0) is 35.4. The van der Waals surface area contributed by atoms with E-state index in [1.54, 1.807) is 6.92 Å². The molecule has 0 N–H and O–H groups in total. The van der Waals surface area contributed by atoms with E-state index < -0.39 is 74.2 Å². The highest BCUT2D eigenvalue weighted by Gasteiger charge is 2.52. The number of hydrogen-bond donors (Lipinski definition) is 0. The lowest BCUT2D eigenvalue weighted by Gasteiger charge is -2.44. The van der Waals surface area contributed by atoms with Crippen molar-refractivity contribution >= 4 is 74.2 Å². The van der Waals surface area contributed by atoms with E-state index in [0.29, 0.717) is 29.5 Å². The fourth-order valence-corrected chi connectivity index (χ4v) is 46.6. The fraction of sp³-hybridized carbons (Fsp3) is 0.889. The van der Waals surface area contributed by atoms with Crippen molar-refractivity contribution in [1.82, 2.24) is 0 Å². The van der Waals surface area contributed by atoms with Crippen LogP contribution in [0.3, 0.4) is 0 Å². The Hall–Kier alpha value is 0.665. The fourth-order valence-electron chi connectivity index (χ4n) is 6.04. The second kappa shape index (κ2) is 15.9. The molecule has 0 atom stereocenters. The maximum atomic E-state index is 12.8. The summed E-state index contributed by atoms with van der Waals surface area (Å²) in [6, 6.07) is 1.38. The third-order valence-corrected chi connectivity index (χ3v) is 36.5. The van der Waals surface area contributed by atoms with Crippen molar-refractivity contribution in [2.75, 3.05) is 0 Å². The van der Waals surface area contributed by atoms with Gasteiger partial charge >= 0.3 is 65.9 Å². The Kier molecular flexibility index (Phi) is 16.2. The second-order valence-electron chi connectivity index (χ2n) is 16.5. The van der Waals surface area contributed by atoms with Crippen molar-refractivity contribution in [3.63, 3.8) is 0 Å². The topological polar surface area (TPSA) is 90.9 Å². The standard InChI is InChI=1S/C27H68O9Si8/c1-24(2)22-44(23-25(3)4,29-27(28)26(5)6)36-43(20,21)35-42(18,19)34-41(16,17)33-40(14,15)32-39(12,13)31-38(10,11)30-37(7,8)9/h24-25H,5,22-23H2,1-4,6-21H3. The molecule has 0 saturated heterocycles. The first-order valence-corrected chi connectivity index (χ1v) is 38.4. The summed E-state index contributed by atoms with van der Waals surface area (Å²) in [4.78, 5) is 12.8. The summed E-state index contributed by atoms with van der Waals surface area (Å²) < 4.78 is 53.2. The van der Waals surface area contributed by atoms with Gasteiger partial charge in [-0.2, -0.15) is 0 Å². The predicted octanol–water partition coefficient (Wildman–Crippen LogP) is 9.02. The number of carbonyl (C=O) groups excluding carboxylic acids is 1. The van der Waals surface area contributed by atoms with Gasteiger partial charge in [0.15, 0.2) is 8.32 Å². The molecule has 0 unspecified atom stereocenters. The Labute approximate surface area is 280 Å². The molecule has 0 aromatic heterocycles. The Bertz CT molecular complexity index is 951. The van der Waals surface area contributed by atoms with Gasteiger partial charge in [0.2, 0.25) is 0 Å². The van der Waals surface area contributed by atoms with Gasteiger partial charge < -0.3 is 33.2 Å². The molecular formula is C27H68O9Si8. The molecule has 0 amide bonds. The lowest BCUT2D eigenvalue weighted by Crippen LogP contribution is -2.62. The molecule has 0 aliphatic rings. The van der Waals surface area contributed by atoms with Gasteiger partial charge in [0.25, 0.3) is 0 Å². The molecule has 0 spiro atoms. The van der Waals surface area contributed by atoms with Gasteiger partial charge in [-0.05, 0) is 117 Å². The van der Waals surface area contributed by atoms with Crippen molar-refractivity contribution in [3.8, 4) is 0 Å². The highest BCUT2D eigenvalue weighted by molar-refractivity contribution is 6.92. The molecule has 0 fully saturated rings. The summed E-state index contributed by atoms with van der Waals surface area (Å²) in [5.74, 6) is 0.200. The third-order valence-electron chi connectivity index (χ3n) is 5.51. The quantitative estimate of drug-likeness (QED) is 0.0891. The number of carbonyl (C=O) groups is 1. The van der Waals surface area contributed by atoms with Gasteiger partial charge in [-0.1, -0.05) is 34.3 Å². The molecule has 0 bridgehead atoms. The molecule has 17 heteroatoms. The maximum absolute atomic E-state index is 12.8. The molecule has 44 heavy (non-hydrogen) atoms. The van der Waals surface area contributed by atoms with Gasteiger partial charge in [-0.15, -0.1) is 0 Å². The van der Waals surface area contributed by atoms with Crippen LogP contribution in [0.25, 0.3) is 0 Å². The third kappa shape index (κ3) is 19.5. The zero-order valence-electron chi connectivity index (χ0n) is 32.0. The molecule has 9 nitrogen and oxygen atoms in total. The highest BCUT2D eigenvalue weighted by Crippen LogP contribution is 2.34. The Morgan fingerprint density at radius 2 is 0.750 bits per heavy atom. The molecule has 0 aliphatic heterocycles. The van der Waals surface area contributed by atoms with Crippen LogP contribution in [-0.2, 0) is 38.0 Å². The Balaban J connectivity index is 5.87. The van der Waals surface area contributed by atoms with E-state index in [1.807, 2.05) is 39.3 Å². The van der Waals surface area contributed by atoms with Gasteiger partial charge in [0.1, 0.15) is 0 Å². The van der Waals surface area contributed by atoms with Crippen LogP contribution in [0.15, 0.2) is 12.2 Å². The summed E-state index contributed by atoms with van der Waals surface area (Å²) >= 11 is 0. The van der Waals surface area contributed by atoms with Crippen molar-refractivity contribution in [2.45, 2.75) is 145 Å². The SMILES string of the molecule is C=C(C)C(=O)O[Si](CC(C)C)(CC(C)C)O[Si](C)(C)O[Si](C)(C)O[Si](C)(C)O[Si](C)(C)O[Si](C)(C)O[Si](C)(C)O[Si](C)(C)C. The number of hydrogen-bond acceptors (Lipinski definition) is 9. The first kappa shape index (κ1) is 44.7. The van der Waals surface area contributed by atoms with Crippen molar-refractivity contribution < 1.29 is 38.0 Å². The normalized spacial score (nSPS) is 14.9. The summed E-state index contributed by atoms with van der Waals surface area (Å²) in [6.45, 7) is 45.2. The zero-order valence-corrected chi connectivity index (χ0v) is 40.0. The summed E-state index contributed by atoms with van der Waals surface area (Å²) in [6.07, 6.45) is 0. The van der Waals surface area contributed by atoms with Gasteiger partial charge in [0, 0.05) is 17.7 Å². The average molecular weight is 762 g/mol. The summed E-state index contributed by atoms with van der Waals surface area (Å²) in [5, 5.41) is 0. The van der Waals surface area contributed by atoms with Crippen LogP contribution >= 0.6 is 0 Å². The van der Waals surface area contributed by atoms with E-state index >= 15 is 0 Å². The minimum Gasteiger partial charge on any atom is -0.491 e. The summed E-state index contributed by atoms with van der Waals surface area (Å²) in [5.41, 5.74) is 0.376. The van der Waals surface area contributed by atoms with Crippen molar-refractivity contribution in [2.24, 2.45) is 11.8 Å². The lowest BCUT2D eigenvalue weighted by molar-refractivity contribution is -0.132. The molecule has 0 saturated carbocycles.